The Kier molecular flexibility index (Phi) is 3.34. The summed E-state index contributed by atoms with van der Waals surface area (Å²) < 4.78 is 5.36. The minimum atomic E-state index is -0.557. The Labute approximate surface area is 130 Å². The van der Waals surface area contributed by atoms with Crippen molar-refractivity contribution < 1.29 is 14.6 Å². The third-order valence-corrected chi connectivity index (χ3v) is 6.01. The molecule has 5 nitrogen and oxygen atoms in total. The minimum absolute atomic E-state index is 0.0347. The molecule has 5 atom stereocenters. The van der Waals surface area contributed by atoms with Crippen LogP contribution in [0.5, 0.6) is 0 Å². The van der Waals surface area contributed by atoms with Gasteiger partial charge in [0.2, 0.25) is 0 Å². The number of ether oxygens (including phenoxy) is 1. The van der Waals surface area contributed by atoms with Crippen molar-refractivity contribution in [1.29, 1.82) is 0 Å². The summed E-state index contributed by atoms with van der Waals surface area (Å²) in [5.41, 5.74) is 0. The molecule has 0 spiro atoms. The highest BCUT2D eigenvalue weighted by Crippen LogP contribution is 2.41. The number of aliphatic hydroxyl groups excluding tert-OH is 1. The Balaban J connectivity index is 1.55. The van der Waals surface area contributed by atoms with Gasteiger partial charge in [0.1, 0.15) is 6.10 Å². The molecule has 0 aromatic heterocycles. The fourth-order valence-corrected chi connectivity index (χ4v) is 4.95. The summed E-state index contributed by atoms with van der Waals surface area (Å²) >= 11 is 5.50. The summed E-state index contributed by atoms with van der Waals surface area (Å²) in [4.78, 5) is 14.3. The Bertz CT molecular complexity index is 466. The lowest BCUT2D eigenvalue weighted by Gasteiger charge is -2.48. The van der Waals surface area contributed by atoms with Gasteiger partial charge in [-0.25, -0.2) is 0 Å². The van der Waals surface area contributed by atoms with Crippen LogP contribution in [0, 0.1) is 11.8 Å². The highest BCUT2D eigenvalue weighted by Gasteiger charge is 2.59. The standard InChI is InChI=1S/C15H22N2O3S/c18-10-6-9-12-11(13(10)20-14(9)19)16-15(21)17(12)7-8-4-2-1-3-5-8/h8-13,18H,1-7H2,(H,16,21). The van der Waals surface area contributed by atoms with E-state index >= 15 is 0 Å². The van der Waals surface area contributed by atoms with Crippen LogP contribution in [0.4, 0.5) is 0 Å². The van der Waals surface area contributed by atoms with Crippen molar-refractivity contribution in [3.05, 3.63) is 0 Å². The van der Waals surface area contributed by atoms with E-state index in [1.807, 2.05) is 0 Å². The van der Waals surface area contributed by atoms with E-state index in [1.54, 1.807) is 0 Å². The van der Waals surface area contributed by atoms with Crippen LogP contribution >= 0.6 is 12.2 Å². The van der Waals surface area contributed by atoms with Crippen LogP contribution in [0.15, 0.2) is 0 Å². The van der Waals surface area contributed by atoms with Crippen LogP contribution < -0.4 is 5.32 Å². The molecule has 0 amide bonds. The van der Waals surface area contributed by atoms with Gasteiger partial charge in [0, 0.05) is 6.54 Å². The predicted octanol–water partition coefficient (Wildman–Crippen LogP) is 0.800. The van der Waals surface area contributed by atoms with Crippen molar-refractivity contribution in [2.75, 3.05) is 6.54 Å². The summed E-state index contributed by atoms with van der Waals surface area (Å²) in [6, 6.07) is 0.0432. The van der Waals surface area contributed by atoms with Crippen LogP contribution in [0.1, 0.15) is 38.5 Å². The molecular formula is C15H22N2O3S. The summed E-state index contributed by atoms with van der Waals surface area (Å²) in [6.45, 7) is 0.944. The second-order valence-electron chi connectivity index (χ2n) is 6.93. The molecule has 0 aromatic carbocycles. The number of aliphatic hydroxyl groups is 1. The third-order valence-electron chi connectivity index (χ3n) is 5.65. The highest BCUT2D eigenvalue weighted by atomic mass is 32.1. The molecule has 2 N–H and O–H groups in total. The number of fused-ring (bicyclic) bond motifs is 2. The number of carbonyl (C=O) groups excluding carboxylic acids is 1. The van der Waals surface area contributed by atoms with Crippen molar-refractivity contribution in [1.82, 2.24) is 10.2 Å². The van der Waals surface area contributed by atoms with Gasteiger partial charge < -0.3 is 20.1 Å². The lowest BCUT2D eigenvalue weighted by atomic mass is 9.74. The molecule has 6 heteroatoms. The average molecular weight is 310 g/mol. The topological polar surface area (TPSA) is 61.8 Å². The zero-order chi connectivity index (χ0) is 14.6. The number of nitrogens with one attached hydrogen (secondary N) is 1. The Morgan fingerprint density at radius 2 is 2.10 bits per heavy atom. The molecule has 3 heterocycles. The maximum atomic E-state index is 12.1. The van der Waals surface area contributed by atoms with E-state index in [-0.39, 0.29) is 24.0 Å². The summed E-state index contributed by atoms with van der Waals surface area (Å²) in [6.07, 6.45) is 5.99. The van der Waals surface area contributed by atoms with Crippen molar-refractivity contribution in [3.63, 3.8) is 0 Å². The van der Waals surface area contributed by atoms with Crippen LogP contribution in [0.25, 0.3) is 0 Å². The van der Waals surface area contributed by atoms with Crippen LogP contribution in [-0.2, 0) is 9.53 Å². The first kappa shape index (κ1) is 13.8. The van der Waals surface area contributed by atoms with Crippen molar-refractivity contribution in [2.45, 2.75) is 62.8 Å². The van der Waals surface area contributed by atoms with Gasteiger partial charge in [0.05, 0.1) is 24.1 Å². The van der Waals surface area contributed by atoms with Gasteiger partial charge in [-0.05, 0) is 37.4 Å². The zero-order valence-corrected chi connectivity index (χ0v) is 12.8. The van der Waals surface area contributed by atoms with Gasteiger partial charge in [0.15, 0.2) is 5.11 Å². The first-order chi connectivity index (χ1) is 10.1. The van der Waals surface area contributed by atoms with Gasteiger partial charge in [-0.3, -0.25) is 4.79 Å². The SMILES string of the molecule is O=C1OC2C(O)CC1C1C2NC(=S)N1CC1CCCCC1. The van der Waals surface area contributed by atoms with Crippen LogP contribution in [0.3, 0.4) is 0 Å². The van der Waals surface area contributed by atoms with E-state index in [0.717, 1.165) is 11.7 Å². The predicted molar refractivity (Wildman–Crippen MR) is 80.6 cm³/mol. The lowest BCUT2D eigenvalue weighted by Crippen LogP contribution is -2.66. The van der Waals surface area contributed by atoms with E-state index < -0.39 is 12.2 Å². The lowest BCUT2D eigenvalue weighted by molar-refractivity contribution is -0.193. The summed E-state index contributed by atoms with van der Waals surface area (Å²) in [7, 11) is 0. The molecule has 2 bridgehead atoms. The first-order valence-corrected chi connectivity index (χ1v) is 8.51. The second kappa shape index (κ2) is 5.09. The maximum Gasteiger partial charge on any atom is 0.311 e. The molecule has 5 unspecified atom stereocenters. The number of hydrogen-bond acceptors (Lipinski definition) is 4. The number of rotatable bonds is 2. The van der Waals surface area contributed by atoms with Gasteiger partial charge in [-0.15, -0.1) is 0 Å². The van der Waals surface area contributed by atoms with Crippen molar-refractivity contribution in [3.8, 4) is 0 Å². The molecule has 3 aliphatic heterocycles. The molecule has 21 heavy (non-hydrogen) atoms. The van der Waals surface area contributed by atoms with Gasteiger partial charge in [-0.2, -0.15) is 0 Å². The van der Waals surface area contributed by atoms with Gasteiger partial charge >= 0.3 is 5.97 Å². The number of thiocarbonyl (C=S) groups is 1. The van der Waals surface area contributed by atoms with E-state index in [0.29, 0.717) is 12.3 Å². The van der Waals surface area contributed by atoms with Crippen LogP contribution in [-0.4, -0.2) is 51.9 Å². The molecule has 116 valence electrons. The number of esters is 1. The Morgan fingerprint density at radius 3 is 2.86 bits per heavy atom. The molecule has 5 rings (SSSR count). The summed E-state index contributed by atoms with van der Waals surface area (Å²) in [5, 5.41) is 14.1. The fraction of sp³-hybridized carbons (Fsp3) is 0.867. The first-order valence-electron chi connectivity index (χ1n) is 8.11. The fourth-order valence-electron chi connectivity index (χ4n) is 4.62. The molecule has 5 fully saturated rings. The quantitative estimate of drug-likeness (QED) is 0.581. The highest BCUT2D eigenvalue weighted by molar-refractivity contribution is 7.80. The summed E-state index contributed by atoms with van der Waals surface area (Å²) in [5.74, 6) is 0.275. The maximum absolute atomic E-state index is 12.1. The molecule has 0 radical (unpaired) electrons. The van der Waals surface area contributed by atoms with Crippen molar-refractivity contribution >= 4 is 23.3 Å². The van der Waals surface area contributed by atoms with Gasteiger partial charge in [-0.1, -0.05) is 19.3 Å². The molecule has 0 aromatic rings. The normalized spacial score (nSPS) is 42.7. The molecule has 2 aliphatic carbocycles. The van der Waals surface area contributed by atoms with Crippen LogP contribution in [0.2, 0.25) is 0 Å². The molecule has 3 saturated heterocycles. The van der Waals surface area contributed by atoms with Gasteiger partial charge in [0.25, 0.3) is 0 Å². The number of carbonyl (C=O) groups is 1. The molecule has 5 aliphatic rings. The Hall–Kier alpha value is -0.880. The molecule has 2 saturated carbocycles. The van der Waals surface area contributed by atoms with Crippen molar-refractivity contribution in [2.24, 2.45) is 11.8 Å². The monoisotopic (exact) mass is 310 g/mol. The number of nitrogens with zero attached hydrogens (tertiary/aromatic N) is 1. The minimum Gasteiger partial charge on any atom is -0.457 e. The average Bonchev–Trinajstić information content (AvgIpc) is 2.80. The van der Waals surface area contributed by atoms with E-state index in [4.69, 9.17) is 17.0 Å². The smallest absolute Gasteiger partial charge is 0.311 e. The number of hydrogen-bond donors (Lipinski definition) is 2. The van der Waals surface area contributed by atoms with E-state index in [9.17, 15) is 9.90 Å². The largest absolute Gasteiger partial charge is 0.457 e. The zero-order valence-electron chi connectivity index (χ0n) is 12.0. The molecular weight excluding hydrogens is 288 g/mol. The van der Waals surface area contributed by atoms with E-state index in [2.05, 4.69) is 10.2 Å². The third kappa shape index (κ3) is 2.14. The van der Waals surface area contributed by atoms with E-state index in [1.165, 1.54) is 32.1 Å². The Morgan fingerprint density at radius 1 is 1.33 bits per heavy atom. The second-order valence-corrected chi connectivity index (χ2v) is 7.32.